The number of carbonyl (C=O) groups is 2. The van der Waals surface area contributed by atoms with Gasteiger partial charge in [0.2, 0.25) is 5.91 Å². The predicted octanol–water partition coefficient (Wildman–Crippen LogP) is 7.17. The Kier molecular flexibility index (Phi) is 8.10. The standard InChI is InChI=1S/C33H26ClN3O2/c34-29-18-16-25(17-19-29)31(38)21-27(33(39)35-22-24-10-4-1-5-11-24)20-28-23-37(30-14-8-3-9-15-30)36-32(28)26-12-6-2-7-13-26/h1-20,23H,21-22H2,(H,35,39)/b27-20+. The summed E-state index contributed by atoms with van der Waals surface area (Å²) >= 11 is 6.01. The van der Waals surface area contributed by atoms with E-state index in [-0.39, 0.29) is 18.1 Å². The molecule has 0 fully saturated rings. The first-order valence-electron chi connectivity index (χ1n) is 12.6. The van der Waals surface area contributed by atoms with Gasteiger partial charge in [0, 0.05) is 46.4 Å². The minimum atomic E-state index is -0.312. The molecule has 0 saturated heterocycles. The van der Waals surface area contributed by atoms with Gasteiger partial charge in [-0.25, -0.2) is 4.68 Å². The van der Waals surface area contributed by atoms with E-state index in [1.165, 1.54) is 0 Å². The van der Waals surface area contributed by atoms with Crippen LogP contribution in [0, 0.1) is 0 Å². The first-order valence-corrected chi connectivity index (χ1v) is 13.0. The van der Waals surface area contributed by atoms with E-state index in [1.807, 2.05) is 97.2 Å². The molecule has 0 saturated carbocycles. The zero-order chi connectivity index (χ0) is 27.0. The topological polar surface area (TPSA) is 64.0 Å². The van der Waals surface area contributed by atoms with Crippen LogP contribution >= 0.6 is 11.6 Å². The number of carbonyl (C=O) groups excluding carboxylic acids is 2. The van der Waals surface area contributed by atoms with Crippen molar-refractivity contribution in [2.45, 2.75) is 13.0 Å². The van der Waals surface area contributed by atoms with Gasteiger partial charge >= 0.3 is 0 Å². The van der Waals surface area contributed by atoms with E-state index in [4.69, 9.17) is 16.7 Å². The second-order valence-corrected chi connectivity index (χ2v) is 9.46. The molecule has 1 heterocycles. The molecule has 0 aliphatic carbocycles. The highest BCUT2D eigenvalue weighted by Crippen LogP contribution is 2.27. The van der Waals surface area contributed by atoms with E-state index in [0.717, 1.165) is 22.4 Å². The molecule has 0 atom stereocenters. The third-order valence-electron chi connectivity index (χ3n) is 6.24. The molecule has 1 N–H and O–H groups in total. The average Bonchev–Trinajstić information content (AvgIpc) is 3.41. The second kappa shape index (κ2) is 12.2. The summed E-state index contributed by atoms with van der Waals surface area (Å²) in [4.78, 5) is 26.7. The van der Waals surface area contributed by atoms with Crippen molar-refractivity contribution in [2.24, 2.45) is 0 Å². The Balaban J connectivity index is 1.54. The Labute approximate surface area is 232 Å². The van der Waals surface area contributed by atoms with Crippen LogP contribution in [0.4, 0.5) is 0 Å². The Morgan fingerprint density at radius 2 is 1.41 bits per heavy atom. The van der Waals surface area contributed by atoms with Gasteiger partial charge in [-0.1, -0.05) is 90.5 Å². The van der Waals surface area contributed by atoms with Gasteiger partial charge in [0.1, 0.15) is 0 Å². The number of rotatable bonds is 9. The SMILES string of the molecule is O=C(NCc1ccccc1)/C(=C/c1cn(-c2ccccc2)nc1-c1ccccc1)CC(=O)c1ccc(Cl)cc1. The number of Topliss-reactive ketones (excluding diaryl/α,β-unsaturated/α-hetero) is 1. The van der Waals surface area contributed by atoms with Gasteiger partial charge in [-0.3, -0.25) is 9.59 Å². The van der Waals surface area contributed by atoms with Gasteiger partial charge in [0.25, 0.3) is 0 Å². The molecule has 0 aliphatic heterocycles. The molecule has 5 rings (SSSR count). The lowest BCUT2D eigenvalue weighted by Gasteiger charge is -2.10. The fraction of sp³-hybridized carbons (Fsp3) is 0.0606. The largest absolute Gasteiger partial charge is 0.348 e. The van der Waals surface area contributed by atoms with Crippen molar-refractivity contribution in [2.75, 3.05) is 0 Å². The summed E-state index contributed by atoms with van der Waals surface area (Å²) in [6.07, 6.45) is 3.57. The summed E-state index contributed by atoms with van der Waals surface area (Å²) in [7, 11) is 0. The fourth-order valence-electron chi connectivity index (χ4n) is 4.21. The van der Waals surface area contributed by atoms with Crippen molar-refractivity contribution < 1.29 is 9.59 Å². The summed E-state index contributed by atoms with van der Waals surface area (Å²) in [6.45, 7) is 0.348. The fourth-order valence-corrected chi connectivity index (χ4v) is 4.34. The maximum absolute atomic E-state index is 13.5. The molecule has 0 radical (unpaired) electrons. The summed E-state index contributed by atoms with van der Waals surface area (Å²) in [5, 5.41) is 8.36. The van der Waals surface area contributed by atoms with Crippen LogP contribution in [0.5, 0.6) is 0 Å². The first-order chi connectivity index (χ1) is 19.1. The normalized spacial score (nSPS) is 11.3. The summed E-state index contributed by atoms with van der Waals surface area (Å²) < 4.78 is 1.79. The van der Waals surface area contributed by atoms with E-state index in [2.05, 4.69) is 5.32 Å². The number of halogens is 1. The molecule has 5 aromatic rings. The number of ketones is 1. The van der Waals surface area contributed by atoms with Gasteiger partial charge in [0.15, 0.2) is 5.78 Å². The Morgan fingerprint density at radius 1 is 0.795 bits per heavy atom. The van der Waals surface area contributed by atoms with Crippen molar-refractivity contribution in [3.05, 3.63) is 149 Å². The highest BCUT2D eigenvalue weighted by Gasteiger charge is 2.19. The van der Waals surface area contributed by atoms with Crippen LogP contribution in [-0.4, -0.2) is 21.5 Å². The molecule has 39 heavy (non-hydrogen) atoms. The van der Waals surface area contributed by atoms with Crippen molar-refractivity contribution >= 4 is 29.4 Å². The molecule has 192 valence electrons. The minimum absolute atomic E-state index is 0.0764. The zero-order valence-electron chi connectivity index (χ0n) is 21.1. The molecule has 1 aromatic heterocycles. The number of nitrogens with zero attached hydrogens (tertiary/aromatic N) is 2. The molecule has 0 aliphatic rings. The Morgan fingerprint density at radius 3 is 2.08 bits per heavy atom. The number of nitrogens with one attached hydrogen (secondary N) is 1. The van der Waals surface area contributed by atoms with Crippen molar-refractivity contribution in [3.8, 4) is 16.9 Å². The molecule has 5 nitrogen and oxygen atoms in total. The molecule has 0 unspecified atom stereocenters. The molecule has 0 bridgehead atoms. The van der Waals surface area contributed by atoms with E-state index < -0.39 is 0 Å². The number of benzene rings is 4. The summed E-state index contributed by atoms with van der Waals surface area (Å²) in [5.41, 5.74) is 5.05. The lowest BCUT2D eigenvalue weighted by atomic mass is 9.99. The van der Waals surface area contributed by atoms with Crippen LogP contribution in [-0.2, 0) is 11.3 Å². The van der Waals surface area contributed by atoms with Crippen LogP contribution in [0.15, 0.2) is 127 Å². The highest BCUT2D eigenvalue weighted by atomic mass is 35.5. The summed E-state index contributed by atoms with van der Waals surface area (Å²) in [6, 6.07) is 35.9. The third kappa shape index (κ3) is 6.58. The van der Waals surface area contributed by atoms with Crippen LogP contribution < -0.4 is 5.32 Å². The van der Waals surface area contributed by atoms with Gasteiger partial charge in [-0.2, -0.15) is 5.10 Å². The van der Waals surface area contributed by atoms with E-state index in [0.29, 0.717) is 28.4 Å². The monoisotopic (exact) mass is 531 g/mol. The Bertz CT molecular complexity index is 1590. The molecule has 4 aromatic carbocycles. The van der Waals surface area contributed by atoms with E-state index in [9.17, 15) is 9.59 Å². The smallest absolute Gasteiger partial charge is 0.247 e. The Hall–Kier alpha value is -4.74. The van der Waals surface area contributed by atoms with Crippen LogP contribution in [0.1, 0.15) is 27.9 Å². The molecular formula is C33H26ClN3O2. The molecule has 0 spiro atoms. The van der Waals surface area contributed by atoms with Gasteiger partial charge in [-0.05, 0) is 48.0 Å². The molecule has 1 amide bonds. The number of aromatic nitrogens is 2. The van der Waals surface area contributed by atoms with Crippen LogP contribution in [0.3, 0.4) is 0 Å². The van der Waals surface area contributed by atoms with E-state index in [1.54, 1.807) is 35.0 Å². The highest BCUT2D eigenvalue weighted by molar-refractivity contribution is 6.30. The second-order valence-electron chi connectivity index (χ2n) is 9.02. The van der Waals surface area contributed by atoms with Crippen molar-refractivity contribution in [3.63, 3.8) is 0 Å². The van der Waals surface area contributed by atoms with Crippen LogP contribution in [0.2, 0.25) is 5.02 Å². The average molecular weight is 532 g/mol. The van der Waals surface area contributed by atoms with Gasteiger partial charge in [0.05, 0.1) is 11.4 Å². The minimum Gasteiger partial charge on any atom is -0.348 e. The number of hydrogen-bond acceptors (Lipinski definition) is 3. The first kappa shape index (κ1) is 25.9. The quantitative estimate of drug-likeness (QED) is 0.162. The van der Waals surface area contributed by atoms with Crippen molar-refractivity contribution in [1.82, 2.24) is 15.1 Å². The van der Waals surface area contributed by atoms with Gasteiger partial charge in [-0.15, -0.1) is 0 Å². The molecular weight excluding hydrogens is 506 g/mol. The zero-order valence-corrected chi connectivity index (χ0v) is 21.9. The number of amides is 1. The van der Waals surface area contributed by atoms with Gasteiger partial charge < -0.3 is 5.32 Å². The molecule has 6 heteroatoms. The van der Waals surface area contributed by atoms with Crippen molar-refractivity contribution in [1.29, 1.82) is 0 Å². The maximum Gasteiger partial charge on any atom is 0.247 e. The summed E-state index contributed by atoms with van der Waals surface area (Å²) in [5.74, 6) is -0.489. The lowest BCUT2D eigenvalue weighted by Crippen LogP contribution is -2.25. The maximum atomic E-state index is 13.5. The lowest BCUT2D eigenvalue weighted by molar-refractivity contribution is -0.117. The predicted molar refractivity (Wildman–Crippen MR) is 156 cm³/mol. The third-order valence-corrected chi connectivity index (χ3v) is 6.50. The number of hydrogen-bond donors (Lipinski definition) is 1. The number of para-hydroxylation sites is 1. The van der Waals surface area contributed by atoms with Crippen LogP contribution in [0.25, 0.3) is 23.0 Å². The van der Waals surface area contributed by atoms with E-state index >= 15 is 0 Å².